The molecule has 2 unspecified atom stereocenters. The van der Waals surface area contributed by atoms with Gasteiger partial charge in [-0.3, -0.25) is 24.2 Å². The molecule has 1 heterocycles. The van der Waals surface area contributed by atoms with E-state index in [0.29, 0.717) is 65.0 Å². The van der Waals surface area contributed by atoms with Gasteiger partial charge in [-0.15, -0.1) is 0 Å². The van der Waals surface area contributed by atoms with Crippen molar-refractivity contribution in [2.24, 2.45) is 5.73 Å². The fourth-order valence-corrected chi connectivity index (χ4v) is 5.99. The van der Waals surface area contributed by atoms with E-state index >= 15 is 0 Å². The summed E-state index contributed by atoms with van der Waals surface area (Å²) in [6.45, 7) is 6.74. The van der Waals surface area contributed by atoms with Crippen molar-refractivity contribution in [3.05, 3.63) is 35.4 Å². The molecule has 1 aliphatic heterocycles. The predicted molar refractivity (Wildman–Crippen MR) is 182 cm³/mol. The minimum atomic E-state index is -1.17. The number of aryl methyl sites for hydroxylation is 1. The highest BCUT2D eigenvalue weighted by atomic mass is 16.4. The Morgan fingerprint density at radius 2 is 1.56 bits per heavy atom. The highest BCUT2D eigenvalue weighted by molar-refractivity contribution is 5.69. The number of benzene rings is 1. The quantitative estimate of drug-likeness (QED) is 0.107. The van der Waals surface area contributed by atoms with E-state index in [0.717, 1.165) is 17.5 Å². The zero-order chi connectivity index (χ0) is 35.6. The lowest BCUT2D eigenvalue weighted by molar-refractivity contribution is -0.139. The molecule has 1 aromatic carbocycles. The van der Waals surface area contributed by atoms with Crippen molar-refractivity contribution in [3.63, 3.8) is 0 Å². The molecule has 0 saturated carbocycles. The van der Waals surface area contributed by atoms with Crippen LogP contribution in [0.1, 0.15) is 56.6 Å². The molecule has 1 amide bonds. The van der Waals surface area contributed by atoms with Crippen molar-refractivity contribution in [3.8, 4) is 0 Å². The van der Waals surface area contributed by atoms with E-state index in [-0.39, 0.29) is 52.2 Å². The molecule has 1 saturated heterocycles. The zero-order valence-corrected chi connectivity index (χ0v) is 28.6. The smallest absolute Gasteiger partial charge is 0.407 e. The van der Waals surface area contributed by atoms with E-state index in [9.17, 15) is 34.5 Å². The van der Waals surface area contributed by atoms with Crippen LogP contribution in [0.25, 0.3) is 0 Å². The topological polar surface area (TPSA) is 221 Å². The lowest BCUT2D eigenvalue weighted by Crippen LogP contribution is -2.66. The first kappa shape index (κ1) is 40.8. The van der Waals surface area contributed by atoms with E-state index in [1.807, 2.05) is 43.0 Å². The van der Waals surface area contributed by atoms with Crippen molar-refractivity contribution >= 4 is 24.0 Å². The zero-order valence-electron chi connectivity index (χ0n) is 28.6. The molecule has 1 aliphatic rings. The Labute approximate surface area is 283 Å². The van der Waals surface area contributed by atoms with E-state index < -0.39 is 35.1 Å². The standard InChI is InChI=1S/C33H57N7O8/c1-3-32(34)21-35-13-14-36-22-33(37-18-27-11-9-26(2)10-12-27,25-40(31(47)48)17-16-39(23-32)20-30(45)46)24-38(19-29(43)44)15-7-5-4-6-8-28(41)42/h9-12,35-37H,3-8,13-25,34H2,1-2H3,(H,41,42)(H,43,44)(H,45,46)(H,47,48). The van der Waals surface area contributed by atoms with Crippen LogP contribution in [0.2, 0.25) is 0 Å². The van der Waals surface area contributed by atoms with Gasteiger partial charge in [0.2, 0.25) is 0 Å². The number of hydrogen-bond acceptors (Lipinski definition) is 10. The maximum atomic E-state index is 12.7. The first-order chi connectivity index (χ1) is 22.7. The molecule has 0 bridgehead atoms. The molecule has 0 aliphatic carbocycles. The summed E-state index contributed by atoms with van der Waals surface area (Å²) in [4.78, 5) is 52.2. The Morgan fingerprint density at radius 1 is 0.896 bits per heavy atom. The lowest BCUT2D eigenvalue weighted by Gasteiger charge is -2.43. The molecule has 0 spiro atoms. The van der Waals surface area contributed by atoms with E-state index in [1.54, 1.807) is 4.90 Å². The summed E-state index contributed by atoms with van der Waals surface area (Å²) in [5.41, 5.74) is 7.09. The van der Waals surface area contributed by atoms with Crippen molar-refractivity contribution in [2.45, 2.75) is 70.0 Å². The number of carboxylic acid groups (broad SMARTS) is 4. The Kier molecular flexibility index (Phi) is 17.8. The Morgan fingerprint density at radius 3 is 2.17 bits per heavy atom. The molecular formula is C33H57N7O8. The van der Waals surface area contributed by atoms with Gasteiger partial charge >= 0.3 is 24.0 Å². The molecule has 0 radical (unpaired) electrons. The van der Waals surface area contributed by atoms with Crippen molar-refractivity contribution in [1.29, 1.82) is 0 Å². The second-order valence-corrected chi connectivity index (χ2v) is 13.2. The molecule has 15 heteroatoms. The molecular weight excluding hydrogens is 622 g/mol. The van der Waals surface area contributed by atoms with Crippen LogP contribution in [0.5, 0.6) is 0 Å². The van der Waals surface area contributed by atoms with Gasteiger partial charge in [0.05, 0.1) is 18.6 Å². The summed E-state index contributed by atoms with van der Waals surface area (Å²) < 4.78 is 0. The number of aliphatic carboxylic acids is 3. The van der Waals surface area contributed by atoms with Gasteiger partial charge in [0.1, 0.15) is 0 Å². The predicted octanol–water partition coefficient (Wildman–Crippen LogP) is 0.912. The molecule has 2 atom stereocenters. The van der Waals surface area contributed by atoms with Crippen LogP contribution in [-0.4, -0.2) is 149 Å². The molecule has 0 aromatic heterocycles. The normalized spacial score (nSPS) is 21.9. The number of rotatable bonds is 17. The minimum Gasteiger partial charge on any atom is -0.481 e. The van der Waals surface area contributed by atoms with Crippen LogP contribution in [0.3, 0.4) is 0 Å². The highest BCUT2D eigenvalue weighted by Gasteiger charge is 2.37. The minimum absolute atomic E-state index is 0.00576. The van der Waals surface area contributed by atoms with Gasteiger partial charge < -0.3 is 47.0 Å². The van der Waals surface area contributed by atoms with Gasteiger partial charge in [0.25, 0.3) is 0 Å². The highest BCUT2D eigenvalue weighted by Crippen LogP contribution is 2.16. The van der Waals surface area contributed by atoms with Crippen molar-refractivity contribution in [1.82, 2.24) is 30.7 Å². The van der Waals surface area contributed by atoms with E-state index in [4.69, 9.17) is 10.8 Å². The Bertz CT molecular complexity index is 1160. The van der Waals surface area contributed by atoms with Crippen LogP contribution >= 0.6 is 0 Å². The van der Waals surface area contributed by atoms with Gasteiger partial charge in [0, 0.05) is 77.4 Å². The van der Waals surface area contributed by atoms with Crippen LogP contribution in [0, 0.1) is 6.92 Å². The summed E-state index contributed by atoms with van der Waals surface area (Å²) in [5.74, 6) is -2.88. The van der Waals surface area contributed by atoms with Crippen LogP contribution in [-0.2, 0) is 20.9 Å². The number of amides is 1. The SMILES string of the molecule is CCC1(N)CNCCNCC(CN(CCCCCCC(=O)O)CC(=O)O)(NCc2ccc(C)cc2)CN(C(=O)O)CCN(CC(=O)O)C1. The van der Waals surface area contributed by atoms with E-state index in [1.165, 1.54) is 4.90 Å². The summed E-state index contributed by atoms with van der Waals surface area (Å²) in [5, 5.41) is 49.2. The third-order valence-corrected chi connectivity index (χ3v) is 8.76. The fraction of sp³-hybridized carbons (Fsp3) is 0.697. The van der Waals surface area contributed by atoms with Gasteiger partial charge in [-0.05, 0) is 38.3 Å². The summed E-state index contributed by atoms with van der Waals surface area (Å²) in [6, 6.07) is 7.98. The third kappa shape index (κ3) is 16.2. The molecule has 1 fully saturated rings. The van der Waals surface area contributed by atoms with Crippen LogP contribution < -0.4 is 21.7 Å². The van der Waals surface area contributed by atoms with Crippen molar-refractivity contribution < 1.29 is 39.6 Å². The van der Waals surface area contributed by atoms with E-state index in [2.05, 4.69) is 16.0 Å². The Hall–Kier alpha value is -3.34. The lowest BCUT2D eigenvalue weighted by atomic mass is 9.95. The number of carboxylic acids is 3. The number of nitrogens with one attached hydrogen (secondary N) is 3. The monoisotopic (exact) mass is 679 g/mol. The molecule has 1 aromatic rings. The second kappa shape index (κ2) is 20.9. The van der Waals surface area contributed by atoms with Gasteiger partial charge in [-0.1, -0.05) is 49.6 Å². The first-order valence-corrected chi connectivity index (χ1v) is 16.8. The van der Waals surface area contributed by atoms with Crippen LogP contribution in [0.4, 0.5) is 4.79 Å². The fourth-order valence-electron chi connectivity index (χ4n) is 5.99. The first-order valence-electron chi connectivity index (χ1n) is 16.8. The number of carbonyl (C=O) groups is 4. The largest absolute Gasteiger partial charge is 0.481 e. The maximum Gasteiger partial charge on any atom is 0.407 e. The summed E-state index contributed by atoms with van der Waals surface area (Å²) in [6.07, 6.45) is 2.16. The van der Waals surface area contributed by atoms with Crippen LogP contribution in [0.15, 0.2) is 24.3 Å². The Balaban J connectivity index is 2.43. The second-order valence-electron chi connectivity index (χ2n) is 13.2. The molecule has 9 N–H and O–H groups in total. The summed E-state index contributed by atoms with van der Waals surface area (Å²) in [7, 11) is 0. The third-order valence-electron chi connectivity index (χ3n) is 8.76. The number of unbranched alkanes of at least 4 members (excludes halogenated alkanes) is 3. The number of nitrogens with zero attached hydrogens (tertiary/aromatic N) is 3. The molecule has 48 heavy (non-hydrogen) atoms. The average Bonchev–Trinajstić information content (AvgIpc) is 3.01. The van der Waals surface area contributed by atoms with Crippen molar-refractivity contribution in [2.75, 3.05) is 78.5 Å². The molecule has 2 rings (SSSR count). The van der Waals surface area contributed by atoms with Gasteiger partial charge in [0.15, 0.2) is 0 Å². The summed E-state index contributed by atoms with van der Waals surface area (Å²) >= 11 is 0. The van der Waals surface area contributed by atoms with Gasteiger partial charge in [-0.25, -0.2) is 4.79 Å². The van der Waals surface area contributed by atoms with Gasteiger partial charge in [-0.2, -0.15) is 0 Å². The molecule has 272 valence electrons. The number of nitrogens with two attached hydrogens (primary N) is 1. The average molecular weight is 680 g/mol. The molecule has 15 nitrogen and oxygen atoms in total. The maximum absolute atomic E-state index is 12.7. The number of hydrogen-bond donors (Lipinski definition) is 8.